The quantitative estimate of drug-likeness (QED) is 0.812. The van der Waals surface area contributed by atoms with E-state index in [1.165, 1.54) is 4.90 Å². The van der Waals surface area contributed by atoms with E-state index in [0.29, 0.717) is 17.6 Å². The maximum absolute atomic E-state index is 11.9. The molecule has 7 heteroatoms. The Morgan fingerprint density at radius 1 is 1.53 bits per heavy atom. The molecule has 0 fully saturated rings. The molecular formula is C12H18BrN3O3. The number of nitrogens with one attached hydrogen (secondary N) is 1. The summed E-state index contributed by atoms with van der Waals surface area (Å²) in [6.45, 7) is 2.36. The van der Waals surface area contributed by atoms with E-state index >= 15 is 0 Å². The number of halogens is 1. The SMILES string of the molecule is CC(N)CCNC(=O)CN(C)C(=O)c1ccc(Br)o1. The van der Waals surface area contributed by atoms with Gasteiger partial charge in [-0.3, -0.25) is 9.59 Å². The molecule has 0 aliphatic carbocycles. The van der Waals surface area contributed by atoms with Gasteiger partial charge in [-0.25, -0.2) is 0 Å². The molecule has 0 radical (unpaired) electrons. The topological polar surface area (TPSA) is 88.6 Å². The van der Waals surface area contributed by atoms with Crippen LogP contribution in [0.5, 0.6) is 0 Å². The van der Waals surface area contributed by atoms with Crippen LogP contribution in [0.2, 0.25) is 0 Å². The predicted octanol–water partition coefficient (Wildman–Crippen LogP) is 0.968. The number of hydrogen-bond acceptors (Lipinski definition) is 4. The first-order chi connectivity index (χ1) is 8.90. The molecule has 1 rings (SSSR count). The third-order valence-electron chi connectivity index (χ3n) is 2.43. The third kappa shape index (κ3) is 5.44. The zero-order valence-electron chi connectivity index (χ0n) is 11.0. The average Bonchev–Trinajstić information content (AvgIpc) is 2.74. The van der Waals surface area contributed by atoms with Crippen molar-refractivity contribution in [2.24, 2.45) is 5.73 Å². The number of carbonyl (C=O) groups is 2. The van der Waals surface area contributed by atoms with Crippen molar-refractivity contribution in [2.45, 2.75) is 19.4 Å². The standard InChI is InChI=1S/C12H18BrN3O3/c1-8(14)5-6-15-11(17)7-16(2)12(18)9-3-4-10(13)19-9/h3-4,8H,5-7,14H2,1-2H3,(H,15,17). The van der Waals surface area contributed by atoms with Crippen molar-refractivity contribution in [3.8, 4) is 0 Å². The average molecular weight is 332 g/mol. The van der Waals surface area contributed by atoms with Crippen LogP contribution < -0.4 is 11.1 Å². The number of nitrogens with two attached hydrogens (primary N) is 1. The largest absolute Gasteiger partial charge is 0.444 e. The van der Waals surface area contributed by atoms with E-state index < -0.39 is 0 Å². The molecule has 2 amide bonds. The Labute approximate surface area is 120 Å². The van der Waals surface area contributed by atoms with Crippen LogP contribution in [0.15, 0.2) is 21.2 Å². The maximum Gasteiger partial charge on any atom is 0.289 e. The Balaban J connectivity index is 2.39. The summed E-state index contributed by atoms with van der Waals surface area (Å²) in [5, 5.41) is 2.70. The molecule has 1 heterocycles. The second-order valence-corrected chi connectivity index (χ2v) is 5.16. The van der Waals surface area contributed by atoms with E-state index in [9.17, 15) is 9.59 Å². The van der Waals surface area contributed by atoms with Crippen molar-refractivity contribution >= 4 is 27.7 Å². The van der Waals surface area contributed by atoms with Crippen LogP contribution >= 0.6 is 15.9 Å². The van der Waals surface area contributed by atoms with Crippen molar-refractivity contribution in [3.05, 3.63) is 22.6 Å². The van der Waals surface area contributed by atoms with Crippen LogP contribution in [0.3, 0.4) is 0 Å². The van der Waals surface area contributed by atoms with Crippen molar-refractivity contribution in [1.29, 1.82) is 0 Å². The molecule has 1 aromatic heterocycles. The van der Waals surface area contributed by atoms with E-state index in [0.717, 1.165) is 0 Å². The van der Waals surface area contributed by atoms with Crippen molar-refractivity contribution in [1.82, 2.24) is 10.2 Å². The fraction of sp³-hybridized carbons (Fsp3) is 0.500. The monoisotopic (exact) mass is 331 g/mol. The highest BCUT2D eigenvalue weighted by Crippen LogP contribution is 2.15. The van der Waals surface area contributed by atoms with Gasteiger partial charge in [0.1, 0.15) is 0 Å². The first-order valence-corrected chi connectivity index (χ1v) is 6.72. The maximum atomic E-state index is 11.9. The van der Waals surface area contributed by atoms with E-state index in [1.807, 2.05) is 6.92 Å². The summed E-state index contributed by atoms with van der Waals surface area (Å²) in [5.41, 5.74) is 5.57. The highest BCUT2D eigenvalue weighted by atomic mass is 79.9. The van der Waals surface area contributed by atoms with Gasteiger partial charge in [-0.15, -0.1) is 0 Å². The summed E-state index contributed by atoms with van der Waals surface area (Å²) in [7, 11) is 1.55. The lowest BCUT2D eigenvalue weighted by molar-refractivity contribution is -0.121. The molecule has 1 unspecified atom stereocenters. The zero-order chi connectivity index (χ0) is 14.4. The molecule has 106 valence electrons. The van der Waals surface area contributed by atoms with Gasteiger partial charge >= 0.3 is 0 Å². The molecule has 0 aliphatic rings. The van der Waals surface area contributed by atoms with Gasteiger partial charge in [0, 0.05) is 19.6 Å². The van der Waals surface area contributed by atoms with Gasteiger partial charge in [0.15, 0.2) is 10.4 Å². The summed E-state index contributed by atoms with van der Waals surface area (Å²) in [4.78, 5) is 24.8. The van der Waals surface area contributed by atoms with Crippen molar-refractivity contribution in [3.63, 3.8) is 0 Å². The summed E-state index contributed by atoms with van der Waals surface area (Å²) in [6.07, 6.45) is 0.703. The summed E-state index contributed by atoms with van der Waals surface area (Å²) >= 11 is 3.12. The van der Waals surface area contributed by atoms with E-state index in [2.05, 4.69) is 21.2 Å². The summed E-state index contributed by atoms with van der Waals surface area (Å²) in [5.74, 6) is -0.368. The number of rotatable bonds is 6. The molecular weight excluding hydrogens is 314 g/mol. The lowest BCUT2D eigenvalue weighted by atomic mass is 10.2. The number of likely N-dealkylation sites (N-methyl/N-ethyl adjacent to an activating group) is 1. The van der Waals surface area contributed by atoms with Gasteiger partial charge in [0.05, 0.1) is 6.54 Å². The smallest absolute Gasteiger partial charge is 0.289 e. The normalized spacial score (nSPS) is 12.0. The minimum Gasteiger partial charge on any atom is -0.444 e. The highest BCUT2D eigenvalue weighted by molar-refractivity contribution is 9.10. The lowest BCUT2D eigenvalue weighted by Gasteiger charge is -2.15. The van der Waals surface area contributed by atoms with Gasteiger partial charge in [-0.05, 0) is 41.4 Å². The number of nitrogens with zero attached hydrogens (tertiary/aromatic N) is 1. The fourth-order valence-electron chi connectivity index (χ4n) is 1.40. The Hall–Kier alpha value is -1.34. The van der Waals surface area contributed by atoms with Crippen LogP contribution in [0.4, 0.5) is 0 Å². The van der Waals surface area contributed by atoms with Gasteiger partial charge in [-0.2, -0.15) is 0 Å². The minimum atomic E-state index is -0.340. The lowest BCUT2D eigenvalue weighted by Crippen LogP contribution is -2.39. The molecule has 0 bridgehead atoms. The van der Waals surface area contributed by atoms with Crippen LogP contribution in [0, 0.1) is 0 Å². The van der Waals surface area contributed by atoms with Gasteiger partial charge in [0.25, 0.3) is 5.91 Å². The molecule has 1 atom stereocenters. The Morgan fingerprint density at radius 3 is 2.74 bits per heavy atom. The first kappa shape index (κ1) is 15.7. The van der Waals surface area contributed by atoms with Crippen LogP contribution in [-0.4, -0.2) is 42.9 Å². The number of amides is 2. The van der Waals surface area contributed by atoms with E-state index in [-0.39, 0.29) is 30.2 Å². The van der Waals surface area contributed by atoms with Crippen LogP contribution in [0.1, 0.15) is 23.9 Å². The molecule has 6 nitrogen and oxygen atoms in total. The zero-order valence-corrected chi connectivity index (χ0v) is 12.6. The third-order valence-corrected chi connectivity index (χ3v) is 2.86. The van der Waals surface area contributed by atoms with Crippen molar-refractivity contribution in [2.75, 3.05) is 20.1 Å². The molecule has 0 aliphatic heterocycles. The minimum absolute atomic E-state index is 0.0178. The Morgan fingerprint density at radius 2 is 2.21 bits per heavy atom. The summed E-state index contributed by atoms with van der Waals surface area (Å²) < 4.78 is 5.62. The van der Waals surface area contributed by atoms with E-state index in [4.69, 9.17) is 10.2 Å². The number of carbonyl (C=O) groups excluding carboxylic acids is 2. The van der Waals surface area contributed by atoms with Gasteiger partial charge < -0.3 is 20.4 Å². The summed E-state index contributed by atoms with van der Waals surface area (Å²) in [6, 6.07) is 3.22. The molecule has 0 aromatic carbocycles. The molecule has 3 N–H and O–H groups in total. The number of furan rings is 1. The van der Waals surface area contributed by atoms with Gasteiger partial charge in [0.2, 0.25) is 5.91 Å². The fourth-order valence-corrected chi connectivity index (χ4v) is 1.71. The van der Waals surface area contributed by atoms with Crippen LogP contribution in [0.25, 0.3) is 0 Å². The highest BCUT2D eigenvalue weighted by Gasteiger charge is 2.17. The Kier molecular flexibility index (Phi) is 6.04. The molecule has 0 spiro atoms. The molecule has 1 aromatic rings. The second kappa shape index (κ2) is 7.30. The second-order valence-electron chi connectivity index (χ2n) is 4.38. The first-order valence-electron chi connectivity index (χ1n) is 5.93. The Bertz CT molecular complexity index is 445. The number of hydrogen-bond donors (Lipinski definition) is 2. The molecule has 19 heavy (non-hydrogen) atoms. The molecule has 0 saturated heterocycles. The van der Waals surface area contributed by atoms with Crippen molar-refractivity contribution < 1.29 is 14.0 Å². The van der Waals surface area contributed by atoms with Gasteiger partial charge in [-0.1, -0.05) is 0 Å². The molecule has 0 saturated carbocycles. The van der Waals surface area contributed by atoms with Crippen LogP contribution in [-0.2, 0) is 4.79 Å². The predicted molar refractivity (Wildman–Crippen MR) is 74.6 cm³/mol. The van der Waals surface area contributed by atoms with E-state index in [1.54, 1.807) is 19.2 Å².